The molecule has 1 aromatic carbocycles. The van der Waals surface area contributed by atoms with Crippen molar-refractivity contribution in [2.75, 3.05) is 0 Å². The number of hydrogen-bond acceptors (Lipinski definition) is 4. The molecule has 0 spiro atoms. The van der Waals surface area contributed by atoms with Crippen LogP contribution in [0.2, 0.25) is 0 Å². The fourth-order valence-electron chi connectivity index (χ4n) is 2.96. The zero-order valence-electron chi connectivity index (χ0n) is 14.4. The quantitative estimate of drug-likeness (QED) is 0.603. The van der Waals surface area contributed by atoms with Crippen molar-refractivity contribution in [2.45, 2.75) is 19.9 Å². The average molecular weight is 363 g/mol. The lowest BCUT2D eigenvalue weighted by atomic mass is 10.1. The van der Waals surface area contributed by atoms with Crippen LogP contribution < -0.4 is 10.9 Å². The van der Waals surface area contributed by atoms with Gasteiger partial charge in [-0.1, -0.05) is 36.4 Å². The van der Waals surface area contributed by atoms with Crippen LogP contribution in [0.1, 0.15) is 33.8 Å². The Morgan fingerprint density at radius 2 is 1.96 bits per heavy atom. The summed E-state index contributed by atoms with van der Waals surface area (Å²) in [7, 11) is 0. The minimum Gasteiger partial charge on any atom is -0.345 e. The number of fused-ring (bicyclic) bond motifs is 2. The maximum absolute atomic E-state index is 12.7. The monoisotopic (exact) mass is 363 g/mol. The summed E-state index contributed by atoms with van der Waals surface area (Å²) in [5.74, 6) is -0.200. The molecule has 1 atom stereocenters. The van der Waals surface area contributed by atoms with Crippen molar-refractivity contribution in [1.29, 1.82) is 0 Å². The molecule has 0 saturated heterocycles. The molecule has 0 aliphatic heterocycles. The van der Waals surface area contributed by atoms with E-state index in [1.807, 2.05) is 56.3 Å². The van der Waals surface area contributed by atoms with Crippen LogP contribution in [0.3, 0.4) is 0 Å². The number of hydrogen-bond donors (Lipinski definition) is 1. The number of amides is 1. The molecule has 3 aromatic heterocycles. The van der Waals surface area contributed by atoms with Crippen LogP contribution in [-0.4, -0.2) is 15.3 Å². The van der Waals surface area contributed by atoms with E-state index in [1.165, 1.54) is 15.7 Å². The fourth-order valence-corrected chi connectivity index (χ4v) is 3.89. The molecule has 1 amide bonds. The molecule has 0 bridgehead atoms. The van der Waals surface area contributed by atoms with Gasteiger partial charge in [0.1, 0.15) is 10.5 Å². The van der Waals surface area contributed by atoms with Gasteiger partial charge < -0.3 is 5.32 Å². The summed E-state index contributed by atoms with van der Waals surface area (Å²) < 4.78 is 1.53. The van der Waals surface area contributed by atoms with Crippen molar-refractivity contribution < 1.29 is 4.79 Å². The van der Waals surface area contributed by atoms with E-state index in [0.29, 0.717) is 20.7 Å². The normalized spacial score (nSPS) is 12.4. The lowest BCUT2D eigenvalue weighted by molar-refractivity contribution is 0.0944. The maximum atomic E-state index is 12.7. The first-order valence-corrected chi connectivity index (χ1v) is 9.13. The molecular weight excluding hydrogens is 346 g/mol. The van der Waals surface area contributed by atoms with Gasteiger partial charge in [0.25, 0.3) is 11.5 Å². The topological polar surface area (TPSA) is 63.5 Å². The number of thiophene rings is 1. The number of rotatable bonds is 3. The van der Waals surface area contributed by atoms with Gasteiger partial charge in [-0.25, -0.2) is 4.98 Å². The van der Waals surface area contributed by atoms with Crippen molar-refractivity contribution in [3.05, 3.63) is 81.1 Å². The number of aryl methyl sites for hydroxylation is 1. The lowest BCUT2D eigenvalue weighted by Crippen LogP contribution is -2.25. The Kier molecular flexibility index (Phi) is 4.05. The Bertz CT molecular complexity index is 1180. The molecule has 0 radical (unpaired) electrons. The summed E-state index contributed by atoms with van der Waals surface area (Å²) in [6, 6.07) is 15.0. The highest BCUT2D eigenvalue weighted by molar-refractivity contribution is 7.20. The van der Waals surface area contributed by atoms with E-state index < -0.39 is 0 Å². The minimum atomic E-state index is -0.200. The van der Waals surface area contributed by atoms with Crippen molar-refractivity contribution in [3.63, 3.8) is 0 Å². The van der Waals surface area contributed by atoms with Gasteiger partial charge in [0.2, 0.25) is 0 Å². The molecule has 4 rings (SSSR count). The molecule has 1 N–H and O–H groups in total. The van der Waals surface area contributed by atoms with Crippen LogP contribution >= 0.6 is 11.3 Å². The van der Waals surface area contributed by atoms with Crippen LogP contribution in [0.15, 0.2) is 59.5 Å². The first-order chi connectivity index (χ1) is 12.5. The van der Waals surface area contributed by atoms with E-state index in [-0.39, 0.29) is 17.5 Å². The van der Waals surface area contributed by atoms with Gasteiger partial charge in [-0.15, -0.1) is 11.3 Å². The molecule has 0 aliphatic rings. The van der Waals surface area contributed by atoms with E-state index >= 15 is 0 Å². The van der Waals surface area contributed by atoms with E-state index in [9.17, 15) is 9.59 Å². The number of benzene rings is 1. The summed E-state index contributed by atoms with van der Waals surface area (Å²) in [4.78, 5) is 31.0. The summed E-state index contributed by atoms with van der Waals surface area (Å²) in [6.07, 6.45) is 1.70. The Balaban J connectivity index is 1.72. The van der Waals surface area contributed by atoms with Crippen molar-refractivity contribution in [1.82, 2.24) is 14.7 Å². The third-order valence-electron chi connectivity index (χ3n) is 4.40. The molecular formula is C20H17N3O2S. The van der Waals surface area contributed by atoms with Gasteiger partial charge in [-0.2, -0.15) is 0 Å². The van der Waals surface area contributed by atoms with Gasteiger partial charge in [-0.3, -0.25) is 14.0 Å². The van der Waals surface area contributed by atoms with Crippen LogP contribution in [0, 0.1) is 6.92 Å². The third-order valence-corrected chi connectivity index (χ3v) is 5.43. The Morgan fingerprint density at radius 1 is 1.19 bits per heavy atom. The predicted octanol–water partition coefficient (Wildman–Crippen LogP) is 3.71. The van der Waals surface area contributed by atoms with Crippen LogP contribution in [0.4, 0.5) is 0 Å². The van der Waals surface area contributed by atoms with E-state index in [4.69, 9.17) is 0 Å². The number of carbonyl (C=O) groups excluding carboxylic acids is 1. The highest BCUT2D eigenvalue weighted by Gasteiger charge is 2.17. The number of nitrogens with one attached hydrogen (secondary N) is 1. The molecule has 0 saturated carbocycles. The SMILES string of the molecule is Cc1cccn2c(=O)c3cc(C(=O)N[C@H](C)c4ccccc4)sc3nc12. The second-order valence-electron chi connectivity index (χ2n) is 6.24. The molecule has 6 heteroatoms. The Hall–Kier alpha value is -2.99. The molecule has 130 valence electrons. The molecule has 0 unspecified atom stereocenters. The number of pyridine rings is 1. The summed E-state index contributed by atoms with van der Waals surface area (Å²) in [5, 5.41) is 3.45. The maximum Gasteiger partial charge on any atom is 0.266 e. The standard InChI is InChI=1S/C20H17N3O2S/c1-12-7-6-10-23-17(12)22-19-15(20(23)25)11-16(26-19)18(24)21-13(2)14-8-4-3-5-9-14/h3-11,13H,1-2H3,(H,21,24)/t13-/m1/s1. The van der Waals surface area contributed by atoms with Crippen LogP contribution in [0.25, 0.3) is 15.9 Å². The lowest BCUT2D eigenvalue weighted by Gasteiger charge is -2.13. The predicted molar refractivity (Wildman–Crippen MR) is 104 cm³/mol. The molecule has 26 heavy (non-hydrogen) atoms. The van der Waals surface area contributed by atoms with Gasteiger partial charge in [0.05, 0.1) is 16.3 Å². The third kappa shape index (κ3) is 2.78. The van der Waals surface area contributed by atoms with Gasteiger partial charge in [0.15, 0.2) is 0 Å². The Morgan fingerprint density at radius 3 is 2.73 bits per heavy atom. The van der Waals surface area contributed by atoms with Crippen LogP contribution in [0.5, 0.6) is 0 Å². The smallest absolute Gasteiger partial charge is 0.266 e. The van der Waals surface area contributed by atoms with Gasteiger partial charge in [-0.05, 0) is 37.1 Å². The largest absolute Gasteiger partial charge is 0.345 e. The summed E-state index contributed by atoms with van der Waals surface area (Å²) in [6.45, 7) is 3.85. The second kappa shape index (κ2) is 6.38. The zero-order valence-corrected chi connectivity index (χ0v) is 15.2. The van der Waals surface area contributed by atoms with E-state index in [1.54, 1.807) is 12.3 Å². The minimum absolute atomic E-state index is 0.121. The Labute approximate surface area is 153 Å². The number of aromatic nitrogens is 2. The van der Waals surface area contributed by atoms with Crippen molar-refractivity contribution >= 4 is 33.1 Å². The number of carbonyl (C=O) groups is 1. The van der Waals surface area contributed by atoms with Crippen molar-refractivity contribution in [3.8, 4) is 0 Å². The molecule has 0 aliphatic carbocycles. The number of nitrogens with zero attached hydrogens (tertiary/aromatic N) is 2. The molecule has 0 fully saturated rings. The highest BCUT2D eigenvalue weighted by Crippen LogP contribution is 2.23. The van der Waals surface area contributed by atoms with Gasteiger partial charge in [0, 0.05) is 6.20 Å². The average Bonchev–Trinajstić information content (AvgIpc) is 3.08. The van der Waals surface area contributed by atoms with E-state index in [2.05, 4.69) is 10.3 Å². The van der Waals surface area contributed by atoms with Crippen molar-refractivity contribution in [2.24, 2.45) is 0 Å². The summed E-state index contributed by atoms with van der Waals surface area (Å²) in [5.41, 5.74) is 2.42. The first kappa shape index (κ1) is 16.5. The zero-order chi connectivity index (χ0) is 18.3. The highest BCUT2D eigenvalue weighted by atomic mass is 32.1. The molecule has 4 aromatic rings. The van der Waals surface area contributed by atoms with Gasteiger partial charge >= 0.3 is 0 Å². The summed E-state index contributed by atoms with van der Waals surface area (Å²) >= 11 is 1.24. The van der Waals surface area contributed by atoms with E-state index in [0.717, 1.165) is 11.1 Å². The van der Waals surface area contributed by atoms with Crippen LogP contribution in [-0.2, 0) is 0 Å². The second-order valence-corrected chi connectivity index (χ2v) is 7.27. The molecule has 5 nitrogen and oxygen atoms in total. The molecule has 3 heterocycles. The first-order valence-electron chi connectivity index (χ1n) is 8.32. The fraction of sp³-hybridized carbons (Fsp3) is 0.150.